The van der Waals surface area contributed by atoms with Crippen molar-refractivity contribution in [2.75, 3.05) is 12.4 Å². The Hall–Kier alpha value is -3.45. The van der Waals surface area contributed by atoms with Crippen molar-refractivity contribution >= 4 is 45.0 Å². The van der Waals surface area contributed by atoms with Crippen molar-refractivity contribution in [3.63, 3.8) is 0 Å². The molecular weight excluding hydrogens is 426 g/mol. The molecule has 0 aliphatic heterocycles. The van der Waals surface area contributed by atoms with Crippen molar-refractivity contribution in [1.82, 2.24) is 0 Å². The van der Waals surface area contributed by atoms with Crippen LogP contribution in [0.4, 0.5) is 5.00 Å². The molecule has 4 atom stereocenters. The molecule has 32 heavy (non-hydrogen) atoms. The summed E-state index contributed by atoms with van der Waals surface area (Å²) in [4.78, 5) is 37.6. The summed E-state index contributed by atoms with van der Waals surface area (Å²) in [5.41, 5.74) is 1.80. The first-order valence-electron chi connectivity index (χ1n) is 10.4. The molecule has 1 amide bonds. The lowest BCUT2D eigenvalue weighted by molar-refractivity contribution is -0.146. The highest BCUT2D eigenvalue weighted by atomic mass is 32.1. The number of benzene rings is 2. The first-order valence-corrected chi connectivity index (χ1v) is 11.3. The van der Waals surface area contributed by atoms with Crippen LogP contribution < -0.4 is 5.32 Å². The van der Waals surface area contributed by atoms with E-state index in [0.29, 0.717) is 17.0 Å². The zero-order valence-electron chi connectivity index (χ0n) is 17.3. The van der Waals surface area contributed by atoms with Gasteiger partial charge in [-0.2, -0.15) is 0 Å². The van der Waals surface area contributed by atoms with Gasteiger partial charge in [-0.15, -0.1) is 11.3 Å². The Labute approximate surface area is 188 Å². The molecule has 1 saturated carbocycles. The molecule has 5 rings (SSSR count). The number of carbonyl (C=O) groups is 3. The number of hydrogen-bond acceptors (Lipinski definition) is 5. The number of methoxy groups -OCH3 is 1. The first kappa shape index (κ1) is 20.5. The maximum Gasteiger partial charge on any atom is 0.341 e. The van der Waals surface area contributed by atoms with Crippen LogP contribution in [-0.4, -0.2) is 30.1 Å². The largest absolute Gasteiger partial charge is 0.481 e. The van der Waals surface area contributed by atoms with Gasteiger partial charge in [-0.1, -0.05) is 48.6 Å². The summed E-state index contributed by atoms with van der Waals surface area (Å²) in [6.45, 7) is 0. The van der Waals surface area contributed by atoms with Gasteiger partial charge in [-0.05, 0) is 40.7 Å². The van der Waals surface area contributed by atoms with Gasteiger partial charge in [-0.25, -0.2) is 4.79 Å². The molecule has 1 aromatic heterocycles. The third-order valence-corrected chi connectivity index (χ3v) is 7.42. The predicted molar refractivity (Wildman–Crippen MR) is 123 cm³/mol. The zero-order chi connectivity index (χ0) is 22.4. The fourth-order valence-corrected chi connectivity index (χ4v) is 6.00. The maximum atomic E-state index is 13.1. The summed E-state index contributed by atoms with van der Waals surface area (Å²) >= 11 is 1.24. The number of hydrogen-bond donors (Lipinski definition) is 2. The quantitative estimate of drug-likeness (QED) is 0.432. The second kappa shape index (κ2) is 7.91. The third kappa shape index (κ3) is 3.29. The summed E-state index contributed by atoms with van der Waals surface area (Å²) in [6.07, 6.45) is 4.51. The molecule has 2 aromatic carbocycles. The Kier molecular flexibility index (Phi) is 5.06. The fourth-order valence-electron chi connectivity index (χ4n) is 5.04. The molecule has 2 aliphatic rings. The summed E-state index contributed by atoms with van der Waals surface area (Å²) < 4.78 is 5.01. The monoisotopic (exact) mass is 447 g/mol. The van der Waals surface area contributed by atoms with Gasteiger partial charge < -0.3 is 15.2 Å². The molecule has 2 aliphatic carbocycles. The highest BCUT2D eigenvalue weighted by Gasteiger charge is 2.51. The van der Waals surface area contributed by atoms with Gasteiger partial charge in [-0.3, -0.25) is 9.59 Å². The van der Waals surface area contributed by atoms with Crippen LogP contribution in [0.1, 0.15) is 16.8 Å². The Bertz CT molecular complexity index is 1280. The average Bonchev–Trinajstić information content (AvgIpc) is 3.52. The number of ether oxygens (including phenoxy) is 1. The van der Waals surface area contributed by atoms with Gasteiger partial charge in [0.2, 0.25) is 5.91 Å². The number of carboxylic acid groups (broad SMARTS) is 1. The molecule has 3 aromatic rings. The number of nitrogens with one attached hydrogen (secondary N) is 1. The van der Waals surface area contributed by atoms with E-state index in [2.05, 4.69) is 5.32 Å². The molecule has 0 unspecified atom stereocenters. The van der Waals surface area contributed by atoms with Gasteiger partial charge in [0, 0.05) is 10.9 Å². The Morgan fingerprint density at radius 3 is 2.47 bits per heavy atom. The lowest BCUT2D eigenvalue weighted by Crippen LogP contribution is -2.36. The van der Waals surface area contributed by atoms with E-state index in [-0.39, 0.29) is 23.3 Å². The van der Waals surface area contributed by atoms with Crippen molar-refractivity contribution in [1.29, 1.82) is 0 Å². The van der Waals surface area contributed by atoms with E-state index in [1.807, 2.05) is 60.0 Å². The Morgan fingerprint density at radius 2 is 1.75 bits per heavy atom. The van der Waals surface area contributed by atoms with Crippen LogP contribution in [0, 0.1) is 23.7 Å². The van der Waals surface area contributed by atoms with Gasteiger partial charge in [0.15, 0.2) is 0 Å². The number of allylic oxidation sites excluding steroid dienone is 2. The minimum absolute atomic E-state index is 0.0948. The highest BCUT2D eigenvalue weighted by molar-refractivity contribution is 7.15. The molecular formula is C25H21NO5S. The smallest absolute Gasteiger partial charge is 0.341 e. The van der Waals surface area contributed by atoms with Crippen molar-refractivity contribution in [2.45, 2.75) is 6.42 Å². The van der Waals surface area contributed by atoms with E-state index < -0.39 is 23.8 Å². The van der Waals surface area contributed by atoms with Crippen LogP contribution in [0.3, 0.4) is 0 Å². The van der Waals surface area contributed by atoms with E-state index in [1.54, 1.807) is 0 Å². The Morgan fingerprint density at radius 1 is 1.03 bits per heavy atom. The number of anilines is 1. The number of fused-ring (bicyclic) bond motifs is 3. The fraction of sp³-hybridized carbons (Fsp3) is 0.240. The van der Waals surface area contributed by atoms with Gasteiger partial charge in [0.05, 0.1) is 18.9 Å². The van der Waals surface area contributed by atoms with E-state index in [9.17, 15) is 19.5 Å². The van der Waals surface area contributed by atoms with Crippen LogP contribution in [0.2, 0.25) is 0 Å². The summed E-state index contributed by atoms with van der Waals surface area (Å²) in [5.74, 6) is -3.49. The van der Waals surface area contributed by atoms with Gasteiger partial charge in [0.25, 0.3) is 0 Å². The minimum atomic E-state index is -0.960. The molecule has 1 fully saturated rings. The van der Waals surface area contributed by atoms with Crippen LogP contribution in [0.5, 0.6) is 0 Å². The normalized spacial score (nSPS) is 23.4. The number of esters is 1. The standard InChI is InChI=1S/C25H21NO5S/c1-31-25(30)21-18(15-7-6-13-4-2-3-5-14(13)10-15)12-32-23(21)26-22(27)19-16-8-9-17(11-16)20(19)24(28)29/h2-10,12,16-17,19-20H,11H2,1H3,(H,26,27)(H,28,29)/t16-,17+,19-,20+/m1/s1. The van der Waals surface area contributed by atoms with Gasteiger partial charge in [0.1, 0.15) is 10.6 Å². The minimum Gasteiger partial charge on any atom is -0.481 e. The van der Waals surface area contributed by atoms with Crippen molar-refractivity contribution < 1.29 is 24.2 Å². The first-order chi connectivity index (χ1) is 15.5. The molecule has 162 valence electrons. The number of carbonyl (C=O) groups excluding carboxylic acids is 2. The summed E-state index contributed by atoms with van der Waals surface area (Å²) in [7, 11) is 1.30. The topological polar surface area (TPSA) is 92.7 Å². The molecule has 0 saturated heterocycles. The molecule has 0 radical (unpaired) electrons. The van der Waals surface area contributed by atoms with Crippen molar-refractivity contribution in [3.05, 3.63) is 65.6 Å². The number of aliphatic carboxylic acids is 1. The lowest BCUT2D eigenvalue weighted by atomic mass is 9.82. The van der Waals surface area contributed by atoms with Crippen LogP contribution in [0.15, 0.2) is 60.0 Å². The van der Waals surface area contributed by atoms with Crippen LogP contribution in [0.25, 0.3) is 21.9 Å². The number of amides is 1. The number of rotatable bonds is 5. The van der Waals surface area contributed by atoms with E-state index in [4.69, 9.17) is 4.74 Å². The van der Waals surface area contributed by atoms with Crippen LogP contribution in [-0.2, 0) is 14.3 Å². The van der Waals surface area contributed by atoms with Crippen LogP contribution >= 0.6 is 11.3 Å². The zero-order valence-corrected chi connectivity index (χ0v) is 18.1. The number of carboxylic acids is 1. The number of thiophene rings is 1. The van der Waals surface area contributed by atoms with E-state index in [1.165, 1.54) is 18.4 Å². The van der Waals surface area contributed by atoms with E-state index >= 15 is 0 Å². The molecule has 1 heterocycles. The maximum absolute atomic E-state index is 13.1. The summed E-state index contributed by atoms with van der Waals surface area (Å²) in [6, 6.07) is 13.9. The predicted octanol–water partition coefficient (Wildman–Crippen LogP) is 4.82. The lowest BCUT2D eigenvalue weighted by Gasteiger charge is -2.23. The average molecular weight is 448 g/mol. The van der Waals surface area contributed by atoms with Crippen molar-refractivity contribution in [3.8, 4) is 11.1 Å². The van der Waals surface area contributed by atoms with Gasteiger partial charge >= 0.3 is 11.9 Å². The SMILES string of the molecule is COC(=O)c1c(-c2ccc3ccccc3c2)csc1NC(=O)[C@H]1[C@@H](C(=O)O)[C@H]2C=C[C@@H]1C2. The highest BCUT2D eigenvalue weighted by Crippen LogP contribution is 2.49. The third-order valence-electron chi connectivity index (χ3n) is 6.52. The molecule has 2 N–H and O–H groups in total. The molecule has 2 bridgehead atoms. The molecule has 7 heteroatoms. The second-order valence-electron chi connectivity index (χ2n) is 8.23. The van der Waals surface area contributed by atoms with Crippen molar-refractivity contribution in [2.24, 2.45) is 23.7 Å². The Balaban J connectivity index is 1.50. The molecule has 6 nitrogen and oxygen atoms in total. The summed E-state index contributed by atoms with van der Waals surface area (Å²) in [5, 5.41) is 16.8. The van der Waals surface area contributed by atoms with E-state index in [0.717, 1.165) is 16.3 Å². The molecule has 0 spiro atoms. The second-order valence-corrected chi connectivity index (χ2v) is 9.11.